The third-order valence-electron chi connectivity index (χ3n) is 3.26. The summed E-state index contributed by atoms with van der Waals surface area (Å²) in [7, 11) is 0. The third-order valence-corrected chi connectivity index (χ3v) is 3.26. The Bertz CT molecular complexity index is 908. The maximum atomic E-state index is 13.2. The number of nitrogens with zero attached hydrogens (tertiary/aromatic N) is 4. The molecular weight excluding hydrogens is 325 g/mol. The lowest BCUT2D eigenvalue weighted by Gasteiger charge is -2.03. The Balaban J connectivity index is 1.72. The number of H-pyrrole nitrogens is 1. The molecule has 0 aliphatic heterocycles. The molecule has 9 heteroatoms. The van der Waals surface area contributed by atoms with Crippen LogP contribution in [0.3, 0.4) is 0 Å². The predicted molar refractivity (Wildman–Crippen MR) is 89.0 cm³/mol. The summed E-state index contributed by atoms with van der Waals surface area (Å²) in [5.41, 5.74) is 7.30. The minimum atomic E-state index is -0.416. The molecule has 2 heterocycles. The molecule has 126 valence electrons. The number of nitrogens with two attached hydrogens (primary N) is 1. The van der Waals surface area contributed by atoms with E-state index in [1.807, 2.05) is 0 Å². The molecule has 0 saturated carbocycles. The van der Waals surface area contributed by atoms with Crippen molar-refractivity contribution in [1.82, 2.24) is 20.5 Å². The van der Waals surface area contributed by atoms with Crippen LogP contribution in [0.4, 0.5) is 21.6 Å². The van der Waals surface area contributed by atoms with Crippen LogP contribution < -0.4 is 11.1 Å². The Morgan fingerprint density at radius 3 is 2.92 bits per heavy atom. The maximum absolute atomic E-state index is 13.2. The number of amides is 1. The third kappa shape index (κ3) is 4.02. The van der Waals surface area contributed by atoms with E-state index in [0.29, 0.717) is 16.9 Å². The van der Waals surface area contributed by atoms with E-state index in [1.54, 1.807) is 24.4 Å². The number of aromatic amines is 1. The number of hydrogen-bond acceptors (Lipinski definition) is 6. The highest BCUT2D eigenvalue weighted by molar-refractivity contribution is 5.93. The van der Waals surface area contributed by atoms with Gasteiger partial charge in [-0.15, -0.1) is 5.11 Å². The molecule has 4 N–H and O–H groups in total. The van der Waals surface area contributed by atoms with Gasteiger partial charge in [-0.3, -0.25) is 14.9 Å². The summed E-state index contributed by atoms with van der Waals surface area (Å²) in [4.78, 5) is 15.9. The molecule has 0 bridgehead atoms. The van der Waals surface area contributed by atoms with Gasteiger partial charge in [-0.05, 0) is 24.3 Å². The van der Waals surface area contributed by atoms with Gasteiger partial charge >= 0.3 is 0 Å². The van der Waals surface area contributed by atoms with Gasteiger partial charge in [-0.25, -0.2) is 4.39 Å². The van der Waals surface area contributed by atoms with Crippen LogP contribution in [-0.2, 0) is 6.54 Å². The lowest BCUT2D eigenvalue weighted by atomic mass is 10.2. The molecule has 3 aromatic rings. The molecular formula is C16H14FN7O. The van der Waals surface area contributed by atoms with Gasteiger partial charge in [0.15, 0.2) is 11.5 Å². The average molecular weight is 339 g/mol. The number of benzene rings is 1. The van der Waals surface area contributed by atoms with Gasteiger partial charge in [0, 0.05) is 18.5 Å². The van der Waals surface area contributed by atoms with Crippen LogP contribution >= 0.6 is 0 Å². The molecule has 0 radical (unpaired) electrons. The second kappa shape index (κ2) is 7.30. The molecule has 0 unspecified atom stereocenters. The fourth-order valence-electron chi connectivity index (χ4n) is 2.04. The maximum Gasteiger partial charge on any atom is 0.253 e. The molecule has 0 fully saturated rings. The lowest BCUT2D eigenvalue weighted by molar-refractivity contribution is 0.0950. The average Bonchev–Trinajstić information content (AvgIpc) is 2.98. The molecule has 25 heavy (non-hydrogen) atoms. The van der Waals surface area contributed by atoms with Gasteiger partial charge < -0.3 is 11.1 Å². The molecule has 0 aliphatic carbocycles. The summed E-state index contributed by atoms with van der Waals surface area (Å²) in [6.07, 6.45) is 3.04. The van der Waals surface area contributed by atoms with E-state index in [-0.39, 0.29) is 24.0 Å². The largest absolute Gasteiger partial charge is 0.380 e. The van der Waals surface area contributed by atoms with Gasteiger partial charge in [-0.1, -0.05) is 6.07 Å². The molecule has 0 spiro atoms. The summed E-state index contributed by atoms with van der Waals surface area (Å²) >= 11 is 0. The molecule has 1 aromatic carbocycles. The van der Waals surface area contributed by atoms with Crippen molar-refractivity contribution in [2.24, 2.45) is 10.2 Å². The number of carbonyl (C=O) groups is 1. The lowest BCUT2D eigenvalue weighted by Crippen LogP contribution is -2.23. The number of halogens is 1. The Hall–Kier alpha value is -3.62. The van der Waals surface area contributed by atoms with Gasteiger partial charge in [-0.2, -0.15) is 10.2 Å². The van der Waals surface area contributed by atoms with E-state index in [2.05, 4.69) is 30.7 Å². The normalized spacial score (nSPS) is 10.9. The van der Waals surface area contributed by atoms with E-state index < -0.39 is 5.82 Å². The van der Waals surface area contributed by atoms with Gasteiger partial charge in [0.2, 0.25) is 0 Å². The highest BCUT2D eigenvalue weighted by Gasteiger charge is 2.12. The van der Waals surface area contributed by atoms with Crippen LogP contribution in [-0.4, -0.2) is 21.1 Å². The van der Waals surface area contributed by atoms with E-state index >= 15 is 0 Å². The topological polar surface area (TPSA) is 121 Å². The zero-order valence-corrected chi connectivity index (χ0v) is 13.0. The molecule has 0 saturated heterocycles. The quantitative estimate of drug-likeness (QED) is 0.619. The minimum absolute atomic E-state index is 0.120. The van der Waals surface area contributed by atoms with E-state index in [1.165, 1.54) is 24.4 Å². The Kier molecular flexibility index (Phi) is 4.74. The summed E-state index contributed by atoms with van der Waals surface area (Å²) in [5, 5.41) is 17.2. The van der Waals surface area contributed by atoms with E-state index in [0.717, 1.165) is 0 Å². The van der Waals surface area contributed by atoms with Crippen LogP contribution in [0.25, 0.3) is 0 Å². The number of nitrogen functional groups attached to an aromatic ring is 1. The SMILES string of the molecule is Nc1n[nH]c(CNC(=O)c2cccnc2)c1N=Nc1cccc(F)c1. The van der Waals surface area contributed by atoms with Gasteiger partial charge in [0.05, 0.1) is 23.5 Å². The van der Waals surface area contributed by atoms with Crippen LogP contribution in [0.1, 0.15) is 16.1 Å². The fraction of sp³-hybridized carbons (Fsp3) is 0.0625. The van der Waals surface area contributed by atoms with E-state index in [4.69, 9.17) is 5.73 Å². The molecule has 1 amide bonds. The van der Waals surface area contributed by atoms with Crippen molar-refractivity contribution in [2.45, 2.75) is 6.54 Å². The molecule has 3 rings (SSSR count). The van der Waals surface area contributed by atoms with Gasteiger partial charge in [0.25, 0.3) is 5.91 Å². The van der Waals surface area contributed by atoms with E-state index in [9.17, 15) is 9.18 Å². The first-order valence-electron chi connectivity index (χ1n) is 7.32. The highest BCUT2D eigenvalue weighted by Crippen LogP contribution is 2.26. The summed E-state index contributed by atoms with van der Waals surface area (Å²) in [6, 6.07) is 8.99. The summed E-state index contributed by atoms with van der Waals surface area (Å²) in [5.74, 6) is -0.583. The molecule has 2 aromatic heterocycles. The molecule has 8 nitrogen and oxygen atoms in total. The highest BCUT2D eigenvalue weighted by atomic mass is 19.1. The second-order valence-electron chi connectivity index (χ2n) is 5.04. The van der Waals surface area contributed by atoms with Crippen molar-refractivity contribution in [1.29, 1.82) is 0 Å². The van der Waals surface area contributed by atoms with Crippen molar-refractivity contribution in [3.63, 3.8) is 0 Å². The molecule has 0 atom stereocenters. The zero-order valence-electron chi connectivity index (χ0n) is 13.0. The van der Waals surface area contributed by atoms with Crippen LogP contribution in [0.2, 0.25) is 0 Å². The minimum Gasteiger partial charge on any atom is -0.380 e. The standard InChI is InChI=1S/C16H14FN7O/c17-11-4-1-5-12(7-11)21-23-14-13(22-24-15(14)18)9-20-16(25)10-3-2-6-19-8-10/h1-8H,9H2,(H,20,25)(H3,18,22,24). The van der Waals surface area contributed by atoms with Crippen molar-refractivity contribution in [2.75, 3.05) is 5.73 Å². The van der Waals surface area contributed by atoms with Gasteiger partial charge in [0.1, 0.15) is 5.82 Å². The number of azo groups is 1. The monoisotopic (exact) mass is 339 g/mol. The summed E-state index contributed by atoms with van der Waals surface area (Å²) < 4.78 is 13.2. The van der Waals surface area contributed by atoms with Crippen LogP contribution in [0.5, 0.6) is 0 Å². The predicted octanol–water partition coefficient (Wildman–Crippen LogP) is 2.87. The number of carbonyl (C=O) groups excluding carboxylic acids is 1. The number of nitrogens with one attached hydrogen (secondary N) is 2. The first-order chi connectivity index (χ1) is 12.1. The van der Waals surface area contributed by atoms with Crippen molar-refractivity contribution < 1.29 is 9.18 Å². The second-order valence-corrected chi connectivity index (χ2v) is 5.04. The number of rotatable bonds is 5. The summed E-state index contributed by atoms with van der Waals surface area (Å²) in [6.45, 7) is 0.120. The fourth-order valence-corrected chi connectivity index (χ4v) is 2.04. The van der Waals surface area contributed by atoms with Crippen LogP contribution in [0, 0.1) is 5.82 Å². The number of hydrogen-bond donors (Lipinski definition) is 3. The van der Waals surface area contributed by atoms with Crippen molar-refractivity contribution in [3.05, 3.63) is 65.9 Å². The Morgan fingerprint density at radius 1 is 1.28 bits per heavy atom. The first-order valence-corrected chi connectivity index (χ1v) is 7.32. The van der Waals surface area contributed by atoms with Crippen molar-refractivity contribution >= 4 is 23.1 Å². The first kappa shape index (κ1) is 16.2. The number of pyridine rings is 1. The Labute approximate surface area is 142 Å². The zero-order chi connectivity index (χ0) is 17.6. The molecule has 0 aliphatic rings. The van der Waals surface area contributed by atoms with Crippen LogP contribution in [0.15, 0.2) is 59.0 Å². The van der Waals surface area contributed by atoms with Crippen molar-refractivity contribution in [3.8, 4) is 0 Å². The number of aromatic nitrogens is 3. The smallest absolute Gasteiger partial charge is 0.253 e. The number of anilines is 1. The Morgan fingerprint density at radius 2 is 2.16 bits per heavy atom.